The third-order valence-electron chi connectivity index (χ3n) is 3.19. The minimum Gasteiger partial charge on any atom is -0.384 e. The molecule has 0 aliphatic heterocycles. The van der Waals surface area contributed by atoms with E-state index in [1.165, 1.54) is 5.56 Å². The van der Waals surface area contributed by atoms with Crippen molar-refractivity contribution >= 4 is 11.0 Å². The Bertz CT molecular complexity index is 550. The number of hydrogen-bond donors (Lipinski definition) is 1. The summed E-state index contributed by atoms with van der Waals surface area (Å²) in [6, 6.07) is 2.17. The fourth-order valence-electron chi connectivity index (χ4n) is 2.25. The average Bonchev–Trinajstić information content (AvgIpc) is 2.65. The van der Waals surface area contributed by atoms with Crippen LogP contribution in [0.4, 0.5) is 0 Å². The molecule has 0 aliphatic rings. The van der Waals surface area contributed by atoms with E-state index >= 15 is 0 Å². The number of nitrogens with zero attached hydrogens (tertiary/aromatic N) is 3. The Balaban J connectivity index is 2.00. The quantitative estimate of drug-likeness (QED) is 0.860. The summed E-state index contributed by atoms with van der Waals surface area (Å²) in [6.45, 7) is 6.74. The highest BCUT2D eigenvalue weighted by atomic mass is 16.5. The molecule has 5 heteroatoms. The van der Waals surface area contributed by atoms with E-state index in [-0.39, 0.29) is 0 Å². The SMILES string of the molecule is COCC(C)CNCc1cnc2c(c1)c(C)nn2C. The first-order valence-electron chi connectivity index (χ1n) is 6.59. The molecular weight excluding hydrogens is 240 g/mol. The molecule has 0 bridgehead atoms. The number of aryl methyl sites for hydroxylation is 2. The highest BCUT2D eigenvalue weighted by Gasteiger charge is 2.07. The molecule has 2 aromatic heterocycles. The molecule has 0 amide bonds. The Labute approximate surface area is 114 Å². The van der Waals surface area contributed by atoms with Gasteiger partial charge < -0.3 is 10.1 Å². The summed E-state index contributed by atoms with van der Waals surface area (Å²) in [4.78, 5) is 4.47. The van der Waals surface area contributed by atoms with Gasteiger partial charge in [-0.25, -0.2) is 4.98 Å². The van der Waals surface area contributed by atoms with Gasteiger partial charge in [-0.1, -0.05) is 6.92 Å². The van der Waals surface area contributed by atoms with Crippen LogP contribution in [0.3, 0.4) is 0 Å². The minimum absolute atomic E-state index is 0.516. The Morgan fingerprint density at radius 2 is 2.26 bits per heavy atom. The van der Waals surface area contributed by atoms with Crippen molar-refractivity contribution in [1.29, 1.82) is 0 Å². The first kappa shape index (κ1) is 14.0. The summed E-state index contributed by atoms with van der Waals surface area (Å²) in [6.07, 6.45) is 1.91. The van der Waals surface area contributed by atoms with Crippen LogP contribution in [-0.2, 0) is 18.3 Å². The normalized spacial score (nSPS) is 13.1. The Morgan fingerprint density at radius 1 is 1.47 bits per heavy atom. The lowest BCUT2D eigenvalue weighted by Crippen LogP contribution is -2.23. The highest BCUT2D eigenvalue weighted by molar-refractivity contribution is 5.78. The molecule has 2 rings (SSSR count). The van der Waals surface area contributed by atoms with Crippen LogP contribution in [0.15, 0.2) is 12.3 Å². The van der Waals surface area contributed by atoms with Gasteiger partial charge in [-0.3, -0.25) is 4.68 Å². The zero-order chi connectivity index (χ0) is 13.8. The molecule has 1 atom stereocenters. The average molecular weight is 262 g/mol. The van der Waals surface area contributed by atoms with E-state index in [0.717, 1.165) is 36.4 Å². The molecule has 0 spiro atoms. The van der Waals surface area contributed by atoms with Crippen molar-refractivity contribution in [1.82, 2.24) is 20.1 Å². The van der Waals surface area contributed by atoms with Gasteiger partial charge in [-0.2, -0.15) is 5.10 Å². The number of fused-ring (bicyclic) bond motifs is 1. The molecule has 19 heavy (non-hydrogen) atoms. The van der Waals surface area contributed by atoms with E-state index in [2.05, 4.69) is 28.4 Å². The third-order valence-corrected chi connectivity index (χ3v) is 3.19. The molecule has 0 saturated carbocycles. The Kier molecular flexibility index (Phi) is 4.50. The lowest BCUT2D eigenvalue weighted by molar-refractivity contribution is 0.158. The largest absolute Gasteiger partial charge is 0.384 e. The van der Waals surface area contributed by atoms with Crippen LogP contribution in [0.2, 0.25) is 0 Å². The summed E-state index contributed by atoms with van der Waals surface area (Å²) in [5.74, 6) is 0.516. The molecule has 0 radical (unpaired) electrons. The first-order valence-corrected chi connectivity index (χ1v) is 6.59. The van der Waals surface area contributed by atoms with E-state index in [1.807, 2.05) is 24.9 Å². The van der Waals surface area contributed by atoms with E-state index in [9.17, 15) is 0 Å². The van der Waals surface area contributed by atoms with Crippen molar-refractivity contribution in [3.8, 4) is 0 Å². The molecule has 1 unspecified atom stereocenters. The molecule has 104 valence electrons. The fourth-order valence-corrected chi connectivity index (χ4v) is 2.25. The summed E-state index contributed by atoms with van der Waals surface area (Å²) >= 11 is 0. The standard InChI is InChI=1S/C14H22N4O/c1-10(9-19-4)6-15-7-12-5-13-11(2)17-18(3)14(13)16-8-12/h5,8,10,15H,6-7,9H2,1-4H3. The van der Waals surface area contributed by atoms with Gasteiger partial charge in [-0.15, -0.1) is 0 Å². The molecule has 0 aromatic carbocycles. The number of nitrogens with one attached hydrogen (secondary N) is 1. The van der Waals surface area contributed by atoms with E-state index < -0.39 is 0 Å². The van der Waals surface area contributed by atoms with Crippen molar-refractivity contribution < 1.29 is 4.74 Å². The summed E-state index contributed by atoms with van der Waals surface area (Å²) in [7, 11) is 3.66. The maximum Gasteiger partial charge on any atom is 0.157 e. The van der Waals surface area contributed by atoms with Gasteiger partial charge in [0, 0.05) is 45.4 Å². The fraction of sp³-hybridized carbons (Fsp3) is 0.571. The van der Waals surface area contributed by atoms with E-state index in [4.69, 9.17) is 4.74 Å². The van der Waals surface area contributed by atoms with E-state index in [1.54, 1.807) is 7.11 Å². The van der Waals surface area contributed by atoms with Gasteiger partial charge in [0.2, 0.25) is 0 Å². The topological polar surface area (TPSA) is 52.0 Å². The molecule has 2 heterocycles. The Hall–Kier alpha value is -1.46. The molecule has 0 aliphatic carbocycles. The molecule has 0 fully saturated rings. The number of pyridine rings is 1. The van der Waals surface area contributed by atoms with Crippen LogP contribution in [0.25, 0.3) is 11.0 Å². The lowest BCUT2D eigenvalue weighted by Gasteiger charge is -2.11. The van der Waals surface area contributed by atoms with Crippen LogP contribution >= 0.6 is 0 Å². The van der Waals surface area contributed by atoms with E-state index in [0.29, 0.717) is 5.92 Å². The van der Waals surface area contributed by atoms with Gasteiger partial charge in [0.15, 0.2) is 5.65 Å². The first-order chi connectivity index (χ1) is 9.11. The molecule has 5 nitrogen and oxygen atoms in total. The number of aromatic nitrogens is 3. The molecule has 0 saturated heterocycles. The zero-order valence-corrected chi connectivity index (χ0v) is 12.1. The van der Waals surface area contributed by atoms with Crippen LogP contribution in [0, 0.1) is 12.8 Å². The maximum atomic E-state index is 5.12. The van der Waals surface area contributed by atoms with Crippen LogP contribution < -0.4 is 5.32 Å². The molecule has 1 N–H and O–H groups in total. The number of hydrogen-bond acceptors (Lipinski definition) is 4. The lowest BCUT2D eigenvalue weighted by atomic mass is 10.2. The van der Waals surface area contributed by atoms with Crippen molar-refractivity contribution in [3.63, 3.8) is 0 Å². The van der Waals surface area contributed by atoms with Crippen LogP contribution in [0.1, 0.15) is 18.2 Å². The van der Waals surface area contributed by atoms with Gasteiger partial charge in [0.25, 0.3) is 0 Å². The number of rotatable bonds is 6. The second-order valence-corrected chi connectivity index (χ2v) is 5.12. The molecular formula is C14H22N4O. The van der Waals surface area contributed by atoms with Gasteiger partial charge >= 0.3 is 0 Å². The second kappa shape index (κ2) is 6.12. The monoisotopic (exact) mass is 262 g/mol. The number of ether oxygens (including phenoxy) is 1. The van der Waals surface area contributed by atoms with Crippen molar-refractivity contribution in [2.24, 2.45) is 13.0 Å². The van der Waals surface area contributed by atoms with Gasteiger partial charge in [0.1, 0.15) is 0 Å². The predicted molar refractivity (Wildman–Crippen MR) is 76.0 cm³/mol. The van der Waals surface area contributed by atoms with Crippen LogP contribution in [-0.4, -0.2) is 35.0 Å². The highest BCUT2D eigenvalue weighted by Crippen LogP contribution is 2.16. The van der Waals surface area contributed by atoms with Crippen molar-refractivity contribution in [3.05, 3.63) is 23.5 Å². The number of methoxy groups -OCH3 is 1. The van der Waals surface area contributed by atoms with Crippen molar-refractivity contribution in [2.45, 2.75) is 20.4 Å². The van der Waals surface area contributed by atoms with Gasteiger partial charge in [-0.05, 0) is 24.5 Å². The van der Waals surface area contributed by atoms with Crippen LogP contribution in [0.5, 0.6) is 0 Å². The summed E-state index contributed by atoms with van der Waals surface area (Å²) in [5, 5.41) is 8.94. The van der Waals surface area contributed by atoms with Crippen molar-refractivity contribution in [2.75, 3.05) is 20.3 Å². The summed E-state index contributed by atoms with van der Waals surface area (Å²) in [5.41, 5.74) is 3.15. The smallest absolute Gasteiger partial charge is 0.157 e. The maximum absolute atomic E-state index is 5.12. The zero-order valence-electron chi connectivity index (χ0n) is 12.1. The minimum atomic E-state index is 0.516. The predicted octanol–water partition coefficient (Wildman–Crippen LogP) is 1.65. The second-order valence-electron chi connectivity index (χ2n) is 5.12. The summed E-state index contributed by atoms with van der Waals surface area (Å²) < 4.78 is 6.94. The third kappa shape index (κ3) is 3.30. The Morgan fingerprint density at radius 3 is 3.00 bits per heavy atom. The van der Waals surface area contributed by atoms with Gasteiger partial charge in [0.05, 0.1) is 5.69 Å². The molecule has 2 aromatic rings.